The second-order valence-corrected chi connectivity index (χ2v) is 5.62. The molecule has 0 spiro atoms. The average molecular weight is 297 g/mol. The average Bonchev–Trinajstić information content (AvgIpc) is 2.51. The van der Waals surface area contributed by atoms with Crippen molar-refractivity contribution in [1.29, 1.82) is 0 Å². The molecule has 1 aliphatic rings. The molecule has 1 rings (SSSR count). The number of hydrogen-bond donors (Lipinski definition) is 0. The van der Waals surface area contributed by atoms with Crippen LogP contribution in [0, 0.1) is 0 Å². The summed E-state index contributed by atoms with van der Waals surface area (Å²) in [6, 6.07) is 0. The Bertz CT molecular complexity index is 275. The summed E-state index contributed by atoms with van der Waals surface area (Å²) < 4.78 is 10.6. The molecule has 0 N–H and O–H groups in total. The Morgan fingerprint density at radius 3 is 2.48 bits per heavy atom. The SMILES string of the molecule is C=CCCCCCCCCC(=O)OCCN1CCOCC1. The molecule has 1 fully saturated rings. The Labute approximate surface area is 129 Å². The lowest BCUT2D eigenvalue weighted by Crippen LogP contribution is -2.38. The van der Waals surface area contributed by atoms with Crippen LogP contribution in [0.1, 0.15) is 51.4 Å². The molecular formula is C17H31NO3. The molecule has 0 aromatic carbocycles. The van der Waals surface area contributed by atoms with Gasteiger partial charge in [-0.05, 0) is 19.3 Å². The smallest absolute Gasteiger partial charge is 0.305 e. The summed E-state index contributed by atoms with van der Waals surface area (Å²) in [7, 11) is 0. The molecule has 1 aliphatic heterocycles. The van der Waals surface area contributed by atoms with E-state index in [2.05, 4.69) is 11.5 Å². The Morgan fingerprint density at radius 1 is 1.10 bits per heavy atom. The highest BCUT2D eigenvalue weighted by Gasteiger charge is 2.10. The van der Waals surface area contributed by atoms with E-state index in [-0.39, 0.29) is 5.97 Å². The maximum atomic E-state index is 11.6. The second-order valence-electron chi connectivity index (χ2n) is 5.62. The summed E-state index contributed by atoms with van der Waals surface area (Å²) in [5.74, 6) is -0.0464. The molecule has 0 unspecified atom stereocenters. The lowest BCUT2D eigenvalue weighted by atomic mass is 10.1. The van der Waals surface area contributed by atoms with Crippen molar-refractivity contribution in [3.05, 3.63) is 12.7 Å². The molecule has 1 heterocycles. The van der Waals surface area contributed by atoms with Crippen LogP contribution in [0.25, 0.3) is 0 Å². The summed E-state index contributed by atoms with van der Waals surface area (Å²) in [5, 5.41) is 0. The predicted octanol–water partition coefficient (Wildman–Crippen LogP) is 3.17. The summed E-state index contributed by atoms with van der Waals surface area (Å²) in [6.07, 6.45) is 10.8. The number of rotatable bonds is 12. The molecule has 0 aromatic heterocycles. The molecule has 0 bridgehead atoms. The van der Waals surface area contributed by atoms with E-state index in [9.17, 15) is 4.79 Å². The first kappa shape index (κ1) is 18.2. The normalized spacial score (nSPS) is 15.8. The first-order chi connectivity index (χ1) is 10.3. The van der Waals surface area contributed by atoms with Crippen LogP contribution >= 0.6 is 0 Å². The number of allylic oxidation sites excluding steroid dienone is 1. The van der Waals surface area contributed by atoms with Gasteiger partial charge in [0.1, 0.15) is 6.61 Å². The van der Waals surface area contributed by atoms with Gasteiger partial charge in [0.15, 0.2) is 0 Å². The third-order valence-electron chi connectivity index (χ3n) is 3.81. The molecule has 21 heavy (non-hydrogen) atoms. The summed E-state index contributed by atoms with van der Waals surface area (Å²) in [4.78, 5) is 13.9. The van der Waals surface area contributed by atoms with Crippen LogP contribution in [0.3, 0.4) is 0 Å². The van der Waals surface area contributed by atoms with Crippen LogP contribution in [-0.2, 0) is 14.3 Å². The van der Waals surface area contributed by atoms with Crippen LogP contribution in [0.2, 0.25) is 0 Å². The van der Waals surface area contributed by atoms with Crippen molar-refractivity contribution in [2.45, 2.75) is 51.4 Å². The van der Waals surface area contributed by atoms with E-state index in [1.807, 2.05) is 6.08 Å². The predicted molar refractivity (Wildman–Crippen MR) is 85.4 cm³/mol. The van der Waals surface area contributed by atoms with Crippen molar-refractivity contribution in [3.63, 3.8) is 0 Å². The molecule has 4 heteroatoms. The Kier molecular flexibility index (Phi) is 11.1. The fraction of sp³-hybridized carbons (Fsp3) is 0.824. The van der Waals surface area contributed by atoms with Gasteiger partial charge in [0.25, 0.3) is 0 Å². The van der Waals surface area contributed by atoms with Gasteiger partial charge in [-0.25, -0.2) is 0 Å². The van der Waals surface area contributed by atoms with Gasteiger partial charge in [0, 0.05) is 26.1 Å². The number of hydrogen-bond acceptors (Lipinski definition) is 4. The molecule has 0 amide bonds. The highest BCUT2D eigenvalue weighted by atomic mass is 16.5. The van der Waals surface area contributed by atoms with Crippen LogP contribution in [0.5, 0.6) is 0 Å². The topological polar surface area (TPSA) is 38.8 Å². The maximum Gasteiger partial charge on any atom is 0.305 e. The number of esters is 1. The summed E-state index contributed by atoms with van der Waals surface area (Å²) in [6.45, 7) is 8.55. The molecule has 4 nitrogen and oxygen atoms in total. The van der Waals surface area contributed by atoms with Gasteiger partial charge >= 0.3 is 5.97 Å². The minimum absolute atomic E-state index is 0.0464. The van der Waals surface area contributed by atoms with E-state index in [1.54, 1.807) is 0 Å². The van der Waals surface area contributed by atoms with Gasteiger partial charge in [-0.2, -0.15) is 0 Å². The third-order valence-corrected chi connectivity index (χ3v) is 3.81. The van der Waals surface area contributed by atoms with Crippen LogP contribution in [0.4, 0.5) is 0 Å². The van der Waals surface area contributed by atoms with Crippen LogP contribution in [0.15, 0.2) is 12.7 Å². The van der Waals surface area contributed by atoms with E-state index in [1.165, 1.54) is 25.7 Å². The van der Waals surface area contributed by atoms with Gasteiger partial charge in [0.05, 0.1) is 13.2 Å². The summed E-state index contributed by atoms with van der Waals surface area (Å²) in [5.41, 5.74) is 0. The number of unbranched alkanes of at least 4 members (excludes halogenated alkanes) is 6. The molecular weight excluding hydrogens is 266 g/mol. The molecule has 0 saturated carbocycles. The zero-order chi connectivity index (χ0) is 15.2. The van der Waals surface area contributed by atoms with E-state index < -0.39 is 0 Å². The minimum atomic E-state index is -0.0464. The number of nitrogens with zero attached hydrogens (tertiary/aromatic N) is 1. The fourth-order valence-corrected chi connectivity index (χ4v) is 2.45. The van der Waals surface area contributed by atoms with Gasteiger partial charge < -0.3 is 9.47 Å². The number of carbonyl (C=O) groups is 1. The lowest BCUT2D eigenvalue weighted by molar-refractivity contribution is -0.144. The maximum absolute atomic E-state index is 11.6. The van der Waals surface area contributed by atoms with Crippen molar-refractivity contribution in [1.82, 2.24) is 4.90 Å². The van der Waals surface area contributed by atoms with Crippen molar-refractivity contribution in [2.75, 3.05) is 39.5 Å². The second kappa shape index (κ2) is 12.8. The largest absolute Gasteiger partial charge is 0.464 e. The molecule has 0 atom stereocenters. The highest BCUT2D eigenvalue weighted by molar-refractivity contribution is 5.69. The standard InChI is InChI=1S/C17H31NO3/c1-2-3-4-5-6-7-8-9-10-17(19)21-16-13-18-11-14-20-15-12-18/h2H,1,3-16H2. The third kappa shape index (κ3) is 10.5. The van der Waals surface area contributed by atoms with Gasteiger partial charge in [0.2, 0.25) is 0 Å². The van der Waals surface area contributed by atoms with E-state index in [0.717, 1.165) is 52.1 Å². The molecule has 122 valence electrons. The van der Waals surface area contributed by atoms with Crippen molar-refractivity contribution in [3.8, 4) is 0 Å². The van der Waals surface area contributed by atoms with Crippen molar-refractivity contribution in [2.24, 2.45) is 0 Å². The number of morpholine rings is 1. The highest BCUT2D eigenvalue weighted by Crippen LogP contribution is 2.09. The van der Waals surface area contributed by atoms with Crippen molar-refractivity contribution < 1.29 is 14.3 Å². The monoisotopic (exact) mass is 297 g/mol. The first-order valence-electron chi connectivity index (χ1n) is 8.39. The molecule has 0 aromatic rings. The molecule has 1 saturated heterocycles. The van der Waals surface area contributed by atoms with Gasteiger partial charge in [-0.15, -0.1) is 6.58 Å². The lowest BCUT2D eigenvalue weighted by Gasteiger charge is -2.26. The summed E-state index contributed by atoms with van der Waals surface area (Å²) >= 11 is 0. The Balaban J connectivity index is 1.83. The molecule has 0 aliphatic carbocycles. The zero-order valence-electron chi connectivity index (χ0n) is 13.4. The number of carbonyl (C=O) groups excluding carboxylic acids is 1. The number of ether oxygens (including phenoxy) is 2. The molecule has 0 radical (unpaired) electrons. The first-order valence-corrected chi connectivity index (χ1v) is 8.39. The Morgan fingerprint density at radius 2 is 1.76 bits per heavy atom. The van der Waals surface area contributed by atoms with Gasteiger partial charge in [-0.3, -0.25) is 9.69 Å². The minimum Gasteiger partial charge on any atom is -0.464 e. The van der Waals surface area contributed by atoms with Crippen LogP contribution < -0.4 is 0 Å². The quantitative estimate of drug-likeness (QED) is 0.315. The van der Waals surface area contributed by atoms with Gasteiger partial charge in [-0.1, -0.05) is 31.8 Å². The zero-order valence-corrected chi connectivity index (χ0v) is 13.4. The van der Waals surface area contributed by atoms with Crippen LogP contribution in [-0.4, -0.2) is 50.3 Å². The fourth-order valence-electron chi connectivity index (χ4n) is 2.45. The Hall–Kier alpha value is -0.870. The van der Waals surface area contributed by atoms with E-state index in [0.29, 0.717) is 13.0 Å². The van der Waals surface area contributed by atoms with E-state index in [4.69, 9.17) is 9.47 Å². The van der Waals surface area contributed by atoms with E-state index >= 15 is 0 Å². The van der Waals surface area contributed by atoms with Crippen molar-refractivity contribution >= 4 is 5.97 Å².